The lowest BCUT2D eigenvalue weighted by Crippen LogP contribution is -2.31. The third-order valence-electron chi connectivity index (χ3n) is 4.01. The minimum atomic E-state index is -0.377. The van der Waals surface area contributed by atoms with Gasteiger partial charge < -0.3 is 10.5 Å². The zero-order valence-corrected chi connectivity index (χ0v) is 14.4. The van der Waals surface area contributed by atoms with E-state index in [1.54, 1.807) is 0 Å². The van der Waals surface area contributed by atoms with Gasteiger partial charge in [0.15, 0.2) is 0 Å². The number of rotatable bonds is 16. The number of carbonyl (C=O) groups excluding carboxylic acids is 1. The first-order valence-corrected chi connectivity index (χ1v) is 9.13. The first-order valence-electron chi connectivity index (χ1n) is 9.13. The lowest BCUT2D eigenvalue weighted by atomic mass is 10.0. The van der Waals surface area contributed by atoms with Gasteiger partial charge in [0.05, 0.1) is 0 Å². The van der Waals surface area contributed by atoms with Crippen LogP contribution in [0.15, 0.2) is 0 Å². The van der Waals surface area contributed by atoms with E-state index in [2.05, 4.69) is 6.92 Å². The molecule has 126 valence electrons. The van der Waals surface area contributed by atoms with Crippen LogP contribution in [0.25, 0.3) is 0 Å². The molecule has 0 aromatic carbocycles. The SMILES string of the molecule is CCCCCCCCCCCCCCC(OCC)C(N)=O. The molecule has 3 heteroatoms. The van der Waals surface area contributed by atoms with Crippen LogP contribution in [0.5, 0.6) is 0 Å². The minimum absolute atomic E-state index is 0.320. The Kier molecular flexibility index (Phi) is 15.4. The van der Waals surface area contributed by atoms with Crippen LogP contribution in [0, 0.1) is 0 Å². The summed E-state index contributed by atoms with van der Waals surface area (Å²) in [7, 11) is 0. The van der Waals surface area contributed by atoms with Gasteiger partial charge in [-0.05, 0) is 13.3 Å². The normalized spacial score (nSPS) is 12.5. The Morgan fingerprint density at radius 3 is 1.62 bits per heavy atom. The van der Waals surface area contributed by atoms with Gasteiger partial charge in [-0.15, -0.1) is 0 Å². The number of hydrogen-bond donors (Lipinski definition) is 1. The van der Waals surface area contributed by atoms with E-state index in [9.17, 15) is 4.79 Å². The Balaban J connectivity index is 3.23. The third kappa shape index (κ3) is 14.1. The molecule has 0 bridgehead atoms. The van der Waals surface area contributed by atoms with Gasteiger partial charge in [0.2, 0.25) is 5.91 Å². The average Bonchev–Trinajstić information content (AvgIpc) is 2.47. The fraction of sp³-hybridized carbons (Fsp3) is 0.944. The average molecular weight is 299 g/mol. The molecule has 1 amide bonds. The second kappa shape index (κ2) is 15.8. The molecule has 0 spiro atoms. The molecule has 2 N–H and O–H groups in total. The molecule has 1 atom stereocenters. The molecule has 3 nitrogen and oxygen atoms in total. The second-order valence-corrected chi connectivity index (χ2v) is 6.02. The van der Waals surface area contributed by atoms with E-state index in [1.165, 1.54) is 70.6 Å². The van der Waals surface area contributed by atoms with Crippen molar-refractivity contribution in [2.45, 2.75) is 103 Å². The topological polar surface area (TPSA) is 52.3 Å². The van der Waals surface area contributed by atoms with Crippen molar-refractivity contribution in [1.29, 1.82) is 0 Å². The standard InChI is InChI=1S/C18H37NO2/c1-3-5-6-7-8-9-10-11-12-13-14-15-16-17(18(19)20)21-4-2/h17H,3-16H2,1-2H3,(H2,19,20). The van der Waals surface area contributed by atoms with Gasteiger partial charge in [0, 0.05) is 6.61 Å². The van der Waals surface area contributed by atoms with Crippen LogP contribution < -0.4 is 5.73 Å². The fourth-order valence-electron chi connectivity index (χ4n) is 2.68. The predicted molar refractivity (Wildman–Crippen MR) is 90.3 cm³/mol. The molecule has 0 saturated carbocycles. The lowest BCUT2D eigenvalue weighted by Gasteiger charge is -2.12. The summed E-state index contributed by atoms with van der Waals surface area (Å²) in [4.78, 5) is 11.1. The van der Waals surface area contributed by atoms with E-state index in [0.717, 1.165) is 12.8 Å². The Labute approximate surface area is 132 Å². The monoisotopic (exact) mass is 299 g/mol. The van der Waals surface area contributed by atoms with Crippen molar-refractivity contribution in [3.63, 3.8) is 0 Å². The predicted octanol–water partition coefficient (Wildman–Crippen LogP) is 4.97. The van der Waals surface area contributed by atoms with E-state index < -0.39 is 0 Å². The van der Waals surface area contributed by atoms with E-state index >= 15 is 0 Å². The molecule has 0 radical (unpaired) electrons. The molecular weight excluding hydrogens is 262 g/mol. The summed E-state index contributed by atoms with van der Waals surface area (Å²) >= 11 is 0. The molecule has 0 fully saturated rings. The Morgan fingerprint density at radius 2 is 1.24 bits per heavy atom. The minimum Gasteiger partial charge on any atom is -0.369 e. The molecule has 0 rings (SSSR count). The van der Waals surface area contributed by atoms with E-state index in [1.807, 2.05) is 6.92 Å². The van der Waals surface area contributed by atoms with Crippen molar-refractivity contribution < 1.29 is 9.53 Å². The summed E-state index contributed by atoms with van der Waals surface area (Å²) in [5.41, 5.74) is 5.30. The van der Waals surface area contributed by atoms with E-state index in [0.29, 0.717) is 6.61 Å². The summed E-state index contributed by atoms with van der Waals surface area (Å²) in [6, 6.07) is 0. The summed E-state index contributed by atoms with van der Waals surface area (Å²) in [5.74, 6) is -0.320. The summed E-state index contributed by atoms with van der Waals surface area (Å²) in [6.45, 7) is 4.73. The highest BCUT2D eigenvalue weighted by atomic mass is 16.5. The Morgan fingerprint density at radius 1 is 0.810 bits per heavy atom. The number of primary amides is 1. The van der Waals surface area contributed by atoms with Gasteiger partial charge in [-0.25, -0.2) is 0 Å². The lowest BCUT2D eigenvalue weighted by molar-refractivity contribution is -0.129. The van der Waals surface area contributed by atoms with Crippen molar-refractivity contribution in [2.75, 3.05) is 6.61 Å². The zero-order valence-electron chi connectivity index (χ0n) is 14.4. The smallest absolute Gasteiger partial charge is 0.246 e. The van der Waals surface area contributed by atoms with Gasteiger partial charge in [0.25, 0.3) is 0 Å². The molecular formula is C18H37NO2. The van der Waals surface area contributed by atoms with Crippen molar-refractivity contribution in [2.24, 2.45) is 5.73 Å². The highest BCUT2D eigenvalue weighted by Gasteiger charge is 2.13. The molecule has 0 aliphatic heterocycles. The van der Waals surface area contributed by atoms with Crippen LogP contribution in [0.3, 0.4) is 0 Å². The zero-order chi connectivity index (χ0) is 15.8. The van der Waals surface area contributed by atoms with Crippen LogP contribution in [0.4, 0.5) is 0 Å². The molecule has 0 saturated heterocycles. The molecule has 0 aliphatic carbocycles. The van der Waals surface area contributed by atoms with Crippen molar-refractivity contribution in [1.82, 2.24) is 0 Å². The number of ether oxygens (including phenoxy) is 1. The third-order valence-corrected chi connectivity index (χ3v) is 4.01. The van der Waals surface area contributed by atoms with Gasteiger partial charge in [-0.1, -0.05) is 84.0 Å². The van der Waals surface area contributed by atoms with Crippen LogP contribution in [-0.2, 0) is 9.53 Å². The van der Waals surface area contributed by atoms with E-state index in [-0.39, 0.29) is 12.0 Å². The summed E-state index contributed by atoms with van der Waals surface area (Å²) < 4.78 is 5.33. The largest absolute Gasteiger partial charge is 0.369 e. The Bertz CT molecular complexity index is 231. The summed E-state index contributed by atoms with van der Waals surface area (Å²) in [5, 5.41) is 0. The van der Waals surface area contributed by atoms with Gasteiger partial charge in [0.1, 0.15) is 6.10 Å². The van der Waals surface area contributed by atoms with Crippen LogP contribution in [0.1, 0.15) is 97.3 Å². The maximum Gasteiger partial charge on any atom is 0.246 e. The van der Waals surface area contributed by atoms with Crippen molar-refractivity contribution in [3.8, 4) is 0 Å². The van der Waals surface area contributed by atoms with Gasteiger partial charge in [-0.2, -0.15) is 0 Å². The molecule has 0 aliphatic rings. The van der Waals surface area contributed by atoms with Crippen molar-refractivity contribution in [3.05, 3.63) is 0 Å². The number of nitrogens with two attached hydrogens (primary N) is 1. The molecule has 1 unspecified atom stereocenters. The van der Waals surface area contributed by atoms with E-state index in [4.69, 9.17) is 10.5 Å². The second-order valence-electron chi connectivity index (χ2n) is 6.02. The molecule has 21 heavy (non-hydrogen) atoms. The Hall–Kier alpha value is -0.570. The molecule has 0 aromatic heterocycles. The number of unbranched alkanes of at least 4 members (excludes halogenated alkanes) is 11. The first-order chi connectivity index (χ1) is 10.2. The first kappa shape index (κ1) is 20.4. The maximum absolute atomic E-state index is 11.1. The number of amides is 1. The molecule has 0 aromatic rings. The molecule has 0 heterocycles. The summed E-state index contributed by atoms with van der Waals surface area (Å²) in [6.07, 6.45) is 16.3. The highest BCUT2D eigenvalue weighted by molar-refractivity contribution is 5.78. The quantitative estimate of drug-likeness (QED) is 0.409. The fourth-order valence-corrected chi connectivity index (χ4v) is 2.68. The van der Waals surface area contributed by atoms with Crippen LogP contribution in [-0.4, -0.2) is 18.6 Å². The number of carbonyl (C=O) groups is 1. The van der Waals surface area contributed by atoms with Crippen LogP contribution >= 0.6 is 0 Å². The van der Waals surface area contributed by atoms with Crippen molar-refractivity contribution >= 4 is 5.91 Å². The van der Waals surface area contributed by atoms with Gasteiger partial charge >= 0.3 is 0 Å². The maximum atomic E-state index is 11.1. The highest BCUT2D eigenvalue weighted by Crippen LogP contribution is 2.13. The van der Waals surface area contributed by atoms with Gasteiger partial charge in [-0.3, -0.25) is 4.79 Å². The number of hydrogen-bond acceptors (Lipinski definition) is 2. The van der Waals surface area contributed by atoms with Crippen LogP contribution in [0.2, 0.25) is 0 Å².